The summed E-state index contributed by atoms with van der Waals surface area (Å²) < 4.78 is 33.4. The molecule has 2 aromatic rings. The van der Waals surface area contributed by atoms with E-state index in [4.69, 9.17) is 16.3 Å². The van der Waals surface area contributed by atoms with Gasteiger partial charge in [-0.2, -0.15) is 0 Å². The number of carbonyl (C=O) groups excluding carboxylic acids is 1. The molecule has 20 heavy (non-hydrogen) atoms. The zero-order valence-electron chi connectivity index (χ0n) is 11.0. The van der Waals surface area contributed by atoms with Crippen LogP contribution in [0, 0.1) is 11.6 Å². The molecule has 1 heterocycles. The number of esters is 1. The molecule has 0 bridgehead atoms. The van der Waals surface area contributed by atoms with E-state index in [0.29, 0.717) is 5.82 Å². The lowest BCUT2D eigenvalue weighted by molar-refractivity contribution is -0.143. The van der Waals surface area contributed by atoms with Gasteiger partial charge in [0.1, 0.15) is 17.9 Å². The van der Waals surface area contributed by atoms with Gasteiger partial charge in [0.15, 0.2) is 11.6 Å². The Morgan fingerprint density at radius 1 is 1.50 bits per heavy atom. The van der Waals surface area contributed by atoms with E-state index in [0.717, 1.165) is 6.07 Å². The van der Waals surface area contributed by atoms with Crippen LogP contribution in [0.25, 0.3) is 11.0 Å². The molecule has 1 aromatic carbocycles. The van der Waals surface area contributed by atoms with Gasteiger partial charge in [-0.1, -0.05) is 0 Å². The van der Waals surface area contributed by atoms with Crippen molar-refractivity contribution < 1.29 is 18.3 Å². The number of halogens is 3. The highest BCUT2D eigenvalue weighted by Crippen LogP contribution is 2.27. The zero-order chi connectivity index (χ0) is 14.9. The summed E-state index contributed by atoms with van der Waals surface area (Å²) in [5.41, 5.74) is 0.163. The number of benzene rings is 1. The number of aromatic nitrogens is 2. The number of ether oxygens (including phenoxy) is 1. The average Bonchev–Trinajstić information content (AvgIpc) is 2.74. The van der Waals surface area contributed by atoms with Crippen molar-refractivity contribution in [2.45, 2.75) is 25.8 Å². The first-order chi connectivity index (χ1) is 9.45. The summed E-state index contributed by atoms with van der Waals surface area (Å²) in [5, 5.41) is -0.556. The van der Waals surface area contributed by atoms with Crippen molar-refractivity contribution in [3.63, 3.8) is 0 Å². The number of rotatable bonds is 4. The Balaban J connectivity index is 2.61. The van der Waals surface area contributed by atoms with Crippen LogP contribution in [-0.4, -0.2) is 22.1 Å². The quantitative estimate of drug-likeness (QED) is 0.643. The maximum absolute atomic E-state index is 13.9. The number of alkyl halides is 1. The van der Waals surface area contributed by atoms with Crippen molar-refractivity contribution in [1.29, 1.82) is 0 Å². The van der Waals surface area contributed by atoms with E-state index >= 15 is 0 Å². The average molecular weight is 303 g/mol. The zero-order valence-corrected chi connectivity index (χ0v) is 11.7. The molecule has 0 fully saturated rings. The van der Waals surface area contributed by atoms with Crippen LogP contribution < -0.4 is 0 Å². The van der Waals surface area contributed by atoms with Crippen LogP contribution in [0.15, 0.2) is 12.1 Å². The molecule has 0 saturated carbocycles. The molecule has 0 spiro atoms. The van der Waals surface area contributed by atoms with Crippen molar-refractivity contribution in [2.24, 2.45) is 0 Å². The van der Waals surface area contributed by atoms with E-state index in [1.165, 1.54) is 10.6 Å². The first kappa shape index (κ1) is 14.7. The first-order valence-corrected chi connectivity index (χ1v) is 6.53. The van der Waals surface area contributed by atoms with Gasteiger partial charge in [-0.05, 0) is 26.0 Å². The Bertz CT molecular complexity index is 655. The SMILES string of the molecule is CCOC(=O)Cn1c(C(C)Cl)nc2ccc(F)c(F)c21. The van der Waals surface area contributed by atoms with Crippen molar-refractivity contribution in [2.75, 3.05) is 6.61 Å². The molecule has 0 N–H and O–H groups in total. The molecule has 108 valence electrons. The minimum atomic E-state index is -1.05. The lowest BCUT2D eigenvalue weighted by Crippen LogP contribution is -2.16. The van der Waals surface area contributed by atoms with Crippen LogP contribution in [0.3, 0.4) is 0 Å². The lowest BCUT2D eigenvalue weighted by Gasteiger charge is -2.10. The molecule has 1 aromatic heterocycles. The molecule has 2 rings (SSSR count). The maximum Gasteiger partial charge on any atom is 0.326 e. The Morgan fingerprint density at radius 2 is 2.20 bits per heavy atom. The van der Waals surface area contributed by atoms with E-state index in [2.05, 4.69) is 4.98 Å². The predicted molar refractivity (Wildman–Crippen MR) is 70.6 cm³/mol. The van der Waals surface area contributed by atoms with Gasteiger partial charge >= 0.3 is 5.97 Å². The molecule has 0 aliphatic carbocycles. The number of fused-ring (bicyclic) bond motifs is 1. The van der Waals surface area contributed by atoms with Crippen molar-refractivity contribution in [3.05, 3.63) is 29.6 Å². The first-order valence-electron chi connectivity index (χ1n) is 6.09. The number of imidazole rings is 1. The lowest BCUT2D eigenvalue weighted by atomic mass is 10.3. The highest BCUT2D eigenvalue weighted by atomic mass is 35.5. The standard InChI is InChI=1S/C13H13ClF2N2O2/c1-3-20-10(19)6-18-12-9(17-13(18)7(2)14)5-4-8(15)11(12)16/h4-5,7H,3,6H2,1-2H3. The molecule has 4 nitrogen and oxygen atoms in total. The largest absolute Gasteiger partial charge is 0.465 e. The number of hydrogen-bond donors (Lipinski definition) is 0. The van der Waals surface area contributed by atoms with Gasteiger partial charge in [0.05, 0.1) is 17.5 Å². The topological polar surface area (TPSA) is 44.1 Å². The summed E-state index contributed by atoms with van der Waals surface area (Å²) in [5.74, 6) is -2.33. The summed E-state index contributed by atoms with van der Waals surface area (Å²) in [6.07, 6.45) is 0. The summed E-state index contributed by atoms with van der Waals surface area (Å²) in [4.78, 5) is 15.7. The molecule has 0 aliphatic heterocycles. The molecule has 1 atom stereocenters. The maximum atomic E-state index is 13.9. The van der Waals surface area contributed by atoms with E-state index in [1.807, 2.05) is 0 Å². The van der Waals surface area contributed by atoms with Crippen LogP contribution in [-0.2, 0) is 16.1 Å². The molecule has 0 aliphatic rings. The highest BCUT2D eigenvalue weighted by Gasteiger charge is 2.21. The Hall–Kier alpha value is -1.69. The van der Waals surface area contributed by atoms with E-state index in [9.17, 15) is 13.6 Å². The molecule has 7 heteroatoms. The molecule has 0 saturated heterocycles. The summed E-state index contributed by atoms with van der Waals surface area (Å²) in [7, 11) is 0. The van der Waals surface area contributed by atoms with Gasteiger partial charge in [-0.3, -0.25) is 4.79 Å². The van der Waals surface area contributed by atoms with E-state index in [-0.39, 0.29) is 24.2 Å². The normalized spacial score (nSPS) is 12.7. The third-order valence-electron chi connectivity index (χ3n) is 2.78. The Morgan fingerprint density at radius 3 is 2.80 bits per heavy atom. The highest BCUT2D eigenvalue weighted by molar-refractivity contribution is 6.20. The molecule has 0 radical (unpaired) electrons. The molecular formula is C13H13ClF2N2O2. The minimum absolute atomic E-state index is 0.0828. The monoisotopic (exact) mass is 302 g/mol. The number of carbonyl (C=O) groups is 1. The van der Waals surface area contributed by atoms with Gasteiger partial charge in [0.2, 0.25) is 0 Å². The van der Waals surface area contributed by atoms with Crippen molar-refractivity contribution in [1.82, 2.24) is 9.55 Å². The van der Waals surface area contributed by atoms with Crippen molar-refractivity contribution in [3.8, 4) is 0 Å². The van der Waals surface area contributed by atoms with E-state index in [1.54, 1.807) is 13.8 Å². The smallest absolute Gasteiger partial charge is 0.326 e. The molecule has 1 unspecified atom stereocenters. The predicted octanol–water partition coefficient (Wildman–Crippen LogP) is 3.18. The number of nitrogens with zero attached hydrogens (tertiary/aromatic N) is 2. The van der Waals surface area contributed by atoms with Crippen LogP contribution >= 0.6 is 11.6 Å². The van der Waals surface area contributed by atoms with Crippen LogP contribution in [0.5, 0.6) is 0 Å². The fourth-order valence-electron chi connectivity index (χ4n) is 1.97. The summed E-state index contributed by atoms with van der Waals surface area (Å²) in [6.45, 7) is 3.24. The fourth-order valence-corrected chi connectivity index (χ4v) is 2.14. The Kier molecular flexibility index (Phi) is 4.23. The van der Waals surface area contributed by atoms with Gasteiger partial charge in [-0.25, -0.2) is 13.8 Å². The second-order valence-electron chi connectivity index (χ2n) is 4.21. The second kappa shape index (κ2) is 5.75. The Labute approximate surface area is 119 Å². The van der Waals surface area contributed by atoms with Gasteiger partial charge < -0.3 is 9.30 Å². The van der Waals surface area contributed by atoms with Crippen LogP contribution in [0.1, 0.15) is 25.0 Å². The van der Waals surface area contributed by atoms with Crippen LogP contribution in [0.2, 0.25) is 0 Å². The van der Waals surface area contributed by atoms with Crippen LogP contribution in [0.4, 0.5) is 8.78 Å². The summed E-state index contributed by atoms with van der Waals surface area (Å²) in [6, 6.07) is 2.33. The van der Waals surface area contributed by atoms with E-state index < -0.39 is 23.0 Å². The molecule has 0 amide bonds. The van der Waals surface area contributed by atoms with Gasteiger partial charge in [0.25, 0.3) is 0 Å². The summed E-state index contributed by atoms with van der Waals surface area (Å²) >= 11 is 5.98. The third kappa shape index (κ3) is 2.60. The minimum Gasteiger partial charge on any atom is -0.465 e. The molecular weight excluding hydrogens is 290 g/mol. The van der Waals surface area contributed by atoms with Gasteiger partial charge in [0, 0.05) is 0 Å². The van der Waals surface area contributed by atoms with Gasteiger partial charge in [-0.15, -0.1) is 11.6 Å². The third-order valence-corrected chi connectivity index (χ3v) is 2.97. The number of hydrogen-bond acceptors (Lipinski definition) is 3. The van der Waals surface area contributed by atoms with Crippen molar-refractivity contribution >= 4 is 28.6 Å². The fraction of sp³-hybridized carbons (Fsp3) is 0.385. The second-order valence-corrected chi connectivity index (χ2v) is 4.86.